The van der Waals surface area contributed by atoms with Gasteiger partial charge < -0.3 is 59.8 Å². The van der Waals surface area contributed by atoms with E-state index in [0.717, 1.165) is 38.5 Å². The predicted molar refractivity (Wildman–Crippen MR) is 193 cm³/mol. The first-order valence-electron chi connectivity index (χ1n) is 20.4. The average molecular weight is 767 g/mol. The van der Waals surface area contributed by atoms with Crippen LogP contribution in [0.2, 0.25) is 0 Å². The fraction of sp³-hybridized carbons (Fsp3) is 0.927. The summed E-state index contributed by atoms with van der Waals surface area (Å²) in [6, 6.07) is 0. The van der Waals surface area contributed by atoms with Crippen LogP contribution in [0.15, 0.2) is 11.6 Å². The van der Waals surface area contributed by atoms with Crippen molar-refractivity contribution in [2.24, 2.45) is 50.2 Å². The van der Waals surface area contributed by atoms with E-state index in [9.17, 15) is 45.6 Å². The molecule has 2 aliphatic heterocycles. The third-order valence-electron chi connectivity index (χ3n) is 17.1. The second kappa shape index (κ2) is 14.0. The molecule has 6 fully saturated rings. The van der Waals surface area contributed by atoms with Crippen LogP contribution in [0.1, 0.15) is 106 Å². The summed E-state index contributed by atoms with van der Waals surface area (Å²) in [6.07, 6.45) is -2.82. The van der Waals surface area contributed by atoms with Gasteiger partial charge in [0.05, 0.1) is 24.7 Å². The minimum Gasteiger partial charge on any atom is -0.432 e. The number of rotatable bonds is 6. The Morgan fingerprint density at radius 1 is 0.796 bits per heavy atom. The molecule has 7 rings (SSSR count). The number of hydrogen-bond donors (Lipinski definition) is 8. The van der Waals surface area contributed by atoms with Crippen LogP contribution in [0.4, 0.5) is 0 Å². The maximum Gasteiger partial charge on any atom is 0.315 e. The highest BCUT2D eigenvalue weighted by molar-refractivity contribution is 5.79. The van der Waals surface area contributed by atoms with E-state index >= 15 is 0 Å². The van der Waals surface area contributed by atoms with Crippen LogP contribution < -0.4 is 0 Å². The van der Waals surface area contributed by atoms with E-state index < -0.39 is 78.7 Å². The van der Waals surface area contributed by atoms with Gasteiger partial charge in [0.15, 0.2) is 6.29 Å². The fourth-order valence-corrected chi connectivity index (χ4v) is 13.3. The van der Waals surface area contributed by atoms with Crippen LogP contribution in [-0.2, 0) is 23.7 Å². The van der Waals surface area contributed by atoms with E-state index in [0.29, 0.717) is 37.5 Å². The van der Waals surface area contributed by atoms with Crippen LogP contribution in [0.25, 0.3) is 0 Å². The zero-order valence-corrected chi connectivity index (χ0v) is 32.9. The second-order valence-electron chi connectivity index (χ2n) is 20.0. The minimum atomic E-state index is -1.68. The Morgan fingerprint density at radius 3 is 2.17 bits per heavy atom. The van der Waals surface area contributed by atoms with Crippen LogP contribution in [0, 0.1) is 50.2 Å². The number of esters is 1. The van der Waals surface area contributed by atoms with Gasteiger partial charge in [-0.15, -0.1) is 0 Å². The first-order chi connectivity index (χ1) is 25.2. The predicted octanol–water partition coefficient (Wildman–Crippen LogP) is 1.93. The first-order valence-corrected chi connectivity index (χ1v) is 20.4. The Balaban J connectivity index is 1.17. The highest BCUT2D eigenvalue weighted by atomic mass is 16.7. The molecular formula is C41H66O13. The number of allylic oxidation sites excluding steroid dienone is 2. The first kappa shape index (κ1) is 40.9. The Bertz CT molecular complexity index is 1450. The number of ether oxygens (including phenoxy) is 4. The Kier molecular flexibility index (Phi) is 10.6. The van der Waals surface area contributed by atoms with Crippen molar-refractivity contribution in [1.29, 1.82) is 0 Å². The molecule has 2 saturated heterocycles. The maximum atomic E-state index is 14.6. The number of hydrogen-bond acceptors (Lipinski definition) is 13. The molecule has 308 valence electrons. The molecule has 5 aliphatic carbocycles. The zero-order chi connectivity index (χ0) is 39.4. The van der Waals surface area contributed by atoms with Crippen molar-refractivity contribution in [1.82, 2.24) is 0 Å². The highest BCUT2D eigenvalue weighted by Crippen LogP contribution is 2.76. The van der Waals surface area contributed by atoms with Gasteiger partial charge in [0.2, 0.25) is 6.29 Å². The summed E-state index contributed by atoms with van der Waals surface area (Å²) in [5, 5.41) is 82.9. The van der Waals surface area contributed by atoms with Gasteiger partial charge in [-0.1, -0.05) is 53.2 Å². The molecule has 2 heterocycles. The van der Waals surface area contributed by atoms with Crippen LogP contribution in [-0.4, -0.2) is 128 Å². The quantitative estimate of drug-likeness (QED) is 0.110. The smallest absolute Gasteiger partial charge is 0.315 e. The minimum absolute atomic E-state index is 0.00817. The Hall–Kier alpha value is -1.23. The van der Waals surface area contributed by atoms with Crippen LogP contribution in [0.3, 0.4) is 0 Å². The van der Waals surface area contributed by atoms with E-state index in [1.807, 2.05) is 0 Å². The van der Waals surface area contributed by atoms with Crippen LogP contribution >= 0.6 is 0 Å². The molecule has 7 aliphatic rings. The monoisotopic (exact) mass is 766 g/mol. The van der Waals surface area contributed by atoms with Crippen molar-refractivity contribution in [3.05, 3.63) is 11.6 Å². The topological polar surface area (TPSA) is 216 Å². The molecule has 13 heteroatoms. The van der Waals surface area contributed by atoms with Gasteiger partial charge in [-0.05, 0) is 109 Å². The molecule has 0 aromatic carbocycles. The van der Waals surface area contributed by atoms with Gasteiger partial charge in [0.25, 0.3) is 0 Å². The molecule has 13 nitrogen and oxygen atoms in total. The fourth-order valence-electron chi connectivity index (χ4n) is 13.3. The van der Waals surface area contributed by atoms with Crippen molar-refractivity contribution < 1.29 is 64.6 Å². The number of carbonyl (C=O) groups excluding carboxylic acids is 1. The van der Waals surface area contributed by atoms with E-state index in [-0.39, 0.29) is 46.9 Å². The van der Waals surface area contributed by atoms with Gasteiger partial charge in [-0.25, -0.2) is 0 Å². The SMILES string of the molecule is CC1(C)[C@H]2CC[C@@]3(C)[C@@H](CC=C4[C@@H]5C[C@](C)(CO)CC[C@]5(C(=O)O[C@H]5O[C@@H](CO)[C@H](O)[C@@H](O)[C@@H]5O)CC[C@@]43C)[C@]2(C)CC[C@H]1O[C@H]1OC[C@H](O)[C@@H](O)[C@@H]1O. The number of aliphatic hydroxyl groups is 8. The van der Waals surface area contributed by atoms with E-state index in [4.69, 9.17) is 18.9 Å². The lowest BCUT2D eigenvalue weighted by molar-refractivity contribution is -0.308. The average Bonchev–Trinajstić information content (AvgIpc) is 3.13. The summed E-state index contributed by atoms with van der Waals surface area (Å²) in [7, 11) is 0. The lowest BCUT2D eigenvalue weighted by Gasteiger charge is -2.71. The summed E-state index contributed by atoms with van der Waals surface area (Å²) >= 11 is 0. The summed E-state index contributed by atoms with van der Waals surface area (Å²) < 4.78 is 23.7. The standard InChI is InChI=1S/C41H66O13/c1-36(2)25-9-12-40(6)26(38(25,4)11-10-27(36)53-33-31(48)28(45)23(44)19-51-33)8-7-21-22-17-37(3,20-43)13-15-41(22,16-14-39(21,40)5)35(50)54-34-32(49)30(47)29(46)24(18-42)52-34/h7,22-34,42-49H,8-20H2,1-6H3/t22-,23-,24-,25+,26-,27+,28+,29-,30+,31-,32-,33+,34+,37+,38+,39-,40-,41-/m0/s1. The van der Waals surface area contributed by atoms with E-state index in [2.05, 4.69) is 47.6 Å². The number of fused-ring (bicyclic) bond motifs is 7. The lowest BCUT2D eigenvalue weighted by Crippen LogP contribution is -2.66. The Labute approximate surface area is 319 Å². The molecule has 54 heavy (non-hydrogen) atoms. The molecule has 18 atom stereocenters. The molecule has 0 amide bonds. The van der Waals surface area contributed by atoms with Gasteiger partial charge in [0, 0.05) is 6.61 Å². The van der Waals surface area contributed by atoms with Gasteiger partial charge >= 0.3 is 5.97 Å². The molecule has 0 bridgehead atoms. The van der Waals surface area contributed by atoms with Gasteiger partial charge in [-0.3, -0.25) is 4.79 Å². The van der Waals surface area contributed by atoms with Gasteiger partial charge in [-0.2, -0.15) is 0 Å². The molecule has 8 N–H and O–H groups in total. The molecular weight excluding hydrogens is 700 g/mol. The molecule has 0 spiro atoms. The Morgan fingerprint density at radius 2 is 1.48 bits per heavy atom. The molecule has 0 unspecified atom stereocenters. The lowest BCUT2D eigenvalue weighted by atomic mass is 9.33. The van der Waals surface area contributed by atoms with E-state index in [1.165, 1.54) is 5.57 Å². The molecule has 0 aromatic heterocycles. The maximum absolute atomic E-state index is 14.6. The van der Waals surface area contributed by atoms with Crippen molar-refractivity contribution >= 4 is 5.97 Å². The molecule has 0 aromatic rings. The zero-order valence-electron chi connectivity index (χ0n) is 32.9. The van der Waals surface area contributed by atoms with E-state index in [1.54, 1.807) is 0 Å². The van der Waals surface area contributed by atoms with Crippen LogP contribution in [0.5, 0.6) is 0 Å². The third kappa shape index (κ3) is 5.92. The largest absolute Gasteiger partial charge is 0.432 e. The summed E-state index contributed by atoms with van der Waals surface area (Å²) in [5.74, 6) is -0.0936. The summed E-state index contributed by atoms with van der Waals surface area (Å²) in [6.45, 7) is 13.1. The van der Waals surface area contributed by atoms with Crippen molar-refractivity contribution in [3.63, 3.8) is 0 Å². The van der Waals surface area contributed by atoms with Crippen molar-refractivity contribution in [2.75, 3.05) is 19.8 Å². The summed E-state index contributed by atoms with van der Waals surface area (Å²) in [5.41, 5.74) is -0.739. The van der Waals surface area contributed by atoms with Gasteiger partial charge in [0.1, 0.15) is 42.7 Å². The number of aliphatic hydroxyl groups excluding tert-OH is 8. The summed E-state index contributed by atoms with van der Waals surface area (Å²) in [4.78, 5) is 14.6. The highest BCUT2D eigenvalue weighted by Gasteiger charge is 2.70. The normalized spacial score (nSPS) is 54.3. The third-order valence-corrected chi connectivity index (χ3v) is 17.1. The molecule has 4 saturated carbocycles. The number of carbonyl (C=O) groups is 1. The second-order valence-corrected chi connectivity index (χ2v) is 20.0. The van der Waals surface area contributed by atoms with Crippen molar-refractivity contribution in [3.8, 4) is 0 Å². The molecule has 0 radical (unpaired) electrons. The van der Waals surface area contributed by atoms with Crippen molar-refractivity contribution in [2.45, 2.75) is 167 Å².